The SMILES string of the molecule is CCC=C1CC(C(=O)N[C@@H](C2O[C@H](SC)C(O)[C@H](O)[C@H]2O)[C@@H](C)O)N(C)C1. The lowest BCUT2D eigenvalue weighted by Crippen LogP contribution is -2.65. The molecule has 0 bridgehead atoms. The summed E-state index contributed by atoms with van der Waals surface area (Å²) in [5.41, 5.74) is 0.434. The van der Waals surface area contributed by atoms with Crippen LogP contribution in [0.15, 0.2) is 11.6 Å². The normalized spacial score (nSPS) is 38.7. The van der Waals surface area contributed by atoms with E-state index in [4.69, 9.17) is 4.74 Å². The van der Waals surface area contributed by atoms with Gasteiger partial charge in [-0.25, -0.2) is 0 Å². The zero-order valence-corrected chi connectivity index (χ0v) is 17.1. The van der Waals surface area contributed by atoms with Gasteiger partial charge in [-0.15, -0.1) is 11.8 Å². The maximum Gasteiger partial charge on any atom is 0.238 e. The highest BCUT2D eigenvalue weighted by molar-refractivity contribution is 7.99. The van der Waals surface area contributed by atoms with Crippen LogP contribution in [0.2, 0.25) is 0 Å². The van der Waals surface area contributed by atoms with E-state index in [1.165, 1.54) is 24.3 Å². The van der Waals surface area contributed by atoms with E-state index in [-0.39, 0.29) is 11.9 Å². The number of likely N-dealkylation sites (N-methyl/N-ethyl adjacent to an activating group) is 1. The minimum absolute atomic E-state index is 0.264. The maximum absolute atomic E-state index is 12.8. The van der Waals surface area contributed by atoms with Crippen molar-refractivity contribution in [1.82, 2.24) is 10.2 Å². The third-order valence-electron chi connectivity index (χ3n) is 5.26. The lowest BCUT2D eigenvalue weighted by atomic mass is 9.92. The first-order valence-corrected chi connectivity index (χ1v) is 10.6. The second-order valence-corrected chi connectivity index (χ2v) is 8.29. The molecule has 9 heteroatoms. The highest BCUT2D eigenvalue weighted by atomic mass is 32.2. The van der Waals surface area contributed by atoms with E-state index in [2.05, 4.69) is 11.4 Å². The number of hydrogen-bond acceptors (Lipinski definition) is 8. The summed E-state index contributed by atoms with van der Waals surface area (Å²) in [7, 11) is 1.87. The van der Waals surface area contributed by atoms with Crippen LogP contribution in [-0.2, 0) is 9.53 Å². The van der Waals surface area contributed by atoms with Crippen LogP contribution in [0.1, 0.15) is 26.7 Å². The summed E-state index contributed by atoms with van der Waals surface area (Å²) in [5.74, 6) is -0.264. The Bertz CT molecular complexity index is 544. The van der Waals surface area contributed by atoms with Crippen molar-refractivity contribution < 1.29 is 30.0 Å². The molecule has 0 aromatic rings. The lowest BCUT2D eigenvalue weighted by Gasteiger charge is -2.44. The van der Waals surface area contributed by atoms with Gasteiger partial charge in [-0.1, -0.05) is 18.6 Å². The van der Waals surface area contributed by atoms with Gasteiger partial charge in [0.15, 0.2) is 0 Å². The number of carbonyl (C=O) groups excluding carboxylic acids is 1. The average Bonchev–Trinajstić information content (AvgIpc) is 2.99. The van der Waals surface area contributed by atoms with Crippen LogP contribution in [0.5, 0.6) is 0 Å². The van der Waals surface area contributed by atoms with Crippen LogP contribution in [0, 0.1) is 0 Å². The molecule has 8 nitrogen and oxygen atoms in total. The molecule has 2 heterocycles. The number of hydrogen-bond donors (Lipinski definition) is 5. The van der Waals surface area contributed by atoms with Gasteiger partial charge in [0.1, 0.15) is 29.9 Å². The highest BCUT2D eigenvalue weighted by Gasteiger charge is 2.48. The van der Waals surface area contributed by atoms with Gasteiger partial charge >= 0.3 is 0 Å². The minimum Gasteiger partial charge on any atom is -0.391 e. The number of likely N-dealkylation sites (tertiary alicyclic amines) is 1. The molecule has 8 atom stereocenters. The van der Waals surface area contributed by atoms with Crippen LogP contribution in [0.4, 0.5) is 0 Å². The van der Waals surface area contributed by atoms with Gasteiger partial charge in [0.2, 0.25) is 5.91 Å². The van der Waals surface area contributed by atoms with E-state index in [1.807, 2.05) is 18.9 Å². The van der Waals surface area contributed by atoms with E-state index in [0.717, 1.165) is 6.42 Å². The van der Waals surface area contributed by atoms with Crippen molar-refractivity contribution in [2.45, 2.75) is 74.7 Å². The molecule has 5 N–H and O–H groups in total. The van der Waals surface area contributed by atoms with Gasteiger partial charge in [-0.3, -0.25) is 9.69 Å². The number of thioether (sulfide) groups is 1. The summed E-state index contributed by atoms with van der Waals surface area (Å²) in [5, 5.41) is 43.5. The third-order valence-corrected chi connectivity index (χ3v) is 6.11. The first-order chi connectivity index (χ1) is 12.7. The Morgan fingerprint density at radius 3 is 2.59 bits per heavy atom. The summed E-state index contributed by atoms with van der Waals surface area (Å²) in [6, 6.07) is -1.28. The number of amides is 1. The second kappa shape index (κ2) is 9.69. The van der Waals surface area contributed by atoms with E-state index in [9.17, 15) is 25.2 Å². The zero-order valence-electron chi connectivity index (χ0n) is 16.3. The fraction of sp³-hybridized carbons (Fsp3) is 0.833. The molecule has 2 aliphatic heterocycles. The molecule has 3 unspecified atom stereocenters. The lowest BCUT2D eigenvalue weighted by molar-refractivity contribution is -0.211. The highest BCUT2D eigenvalue weighted by Crippen LogP contribution is 2.30. The molecule has 2 aliphatic rings. The van der Waals surface area contributed by atoms with Crippen molar-refractivity contribution >= 4 is 17.7 Å². The summed E-state index contributed by atoms with van der Waals surface area (Å²) in [6.07, 6.45) is -0.812. The Hall–Kier alpha value is -0.680. The zero-order chi connectivity index (χ0) is 20.3. The number of aliphatic hydroxyl groups is 4. The van der Waals surface area contributed by atoms with Crippen molar-refractivity contribution in [1.29, 1.82) is 0 Å². The molecule has 0 aliphatic carbocycles. The number of aliphatic hydroxyl groups excluding tert-OH is 4. The molecule has 156 valence electrons. The van der Waals surface area contributed by atoms with Gasteiger partial charge in [0.05, 0.1) is 18.2 Å². The molecule has 2 saturated heterocycles. The van der Waals surface area contributed by atoms with Crippen LogP contribution >= 0.6 is 11.8 Å². The van der Waals surface area contributed by atoms with Gasteiger partial charge in [0, 0.05) is 6.54 Å². The monoisotopic (exact) mass is 404 g/mol. The number of nitrogens with zero attached hydrogens (tertiary/aromatic N) is 1. The summed E-state index contributed by atoms with van der Waals surface area (Å²) >= 11 is 1.19. The van der Waals surface area contributed by atoms with Gasteiger partial charge in [0.25, 0.3) is 0 Å². The smallest absolute Gasteiger partial charge is 0.238 e. The van der Waals surface area contributed by atoms with E-state index >= 15 is 0 Å². The number of allylic oxidation sites excluding steroid dienone is 1. The van der Waals surface area contributed by atoms with Crippen molar-refractivity contribution in [2.24, 2.45) is 0 Å². The topological polar surface area (TPSA) is 122 Å². The number of nitrogens with one attached hydrogen (secondary N) is 1. The molecule has 0 spiro atoms. The number of rotatable bonds is 6. The molecule has 0 aromatic heterocycles. The Balaban J connectivity index is 2.13. The van der Waals surface area contributed by atoms with Crippen LogP contribution in [-0.4, -0.2) is 99.1 Å². The van der Waals surface area contributed by atoms with E-state index in [1.54, 1.807) is 6.26 Å². The first-order valence-electron chi connectivity index (χ1n) is 9.30. The Morgan fingerprint density at radius 1 is 1.37 bits per heavy atom. The van der Waals surface area contributed by atoms with Crippen molar-refractivity contribution in [2.75, 3.05) is 19.8 Å². The number of carbonyl (C=O) groups is 1. The molecule has 0 saturated carbocycles. The van der Waals surface area contributed by atoms with Gasteiger partial charge < -0.3 is 30.5 Å². The van der Waals surface area contributed by atoms with Crippen molar-refractivity contribution in [3.63, 3.8) is 0 Å². The Kier molecular flexibility index (Phi) is 8.11. The standard InChI is InChI=1S/C18H32N2O6S/c1-5-6-10-7-11(20(3)8-10)17(25)19-12(9(2)21)16-14(23)13(22)15(24)18(26-16)27-4/h6,9,11-16,18,21-24H,5,7-8H2,1-4H3,(H,19,25)/t9-,11?,12-,13-,14-,15?,16?,18-/m1/s1. The first kappa shape index (κ1) is 22.6. The quantitative estimate of drug-likeness (QED) is 0.360. The molecule has 1 amide bonds. The summed E-state index contributed by atoms with van der Waals surface area (Å²) < 4.78 is 5.71. The molecule has 2 fully saturated rings. The minimum atomic E-state index is -1.43. The third kappa shape index (κ3) is 5.03. The Labute approximate surface area is 164 Å². The fourth-order valence-electron chi connectivity index (χ4n) is 3.73. The van der Waals surface area contributed by atoms with Crippen LogP contribution in [0.25, 0.3) is 0 Å². The average molecular weight is 405 g/mol. The molecular formula is C18H32N2O6S. The molecule has 2 rings (SSSR count). The molecule has 0 radical (unpaired) electrons. The van der Waals surface area contributed by atoms with Crippen molar-refractivity contribution in [3.8, 4) is 0 Å². The van der Waals surface area contributed by atoms with Crippen molar-refractivity contribution in [3.05, 3.63) is 11.6 Å². The summed E-state index contributed by atoms with van der Waals surface area (Å²) in [4.78, 5) is 14.8. The number of ether oxygens (including phenoxy) is 1. The van der Waals surface area contributed by atoms with E-state index < -0.39 is 42.0 Å². The van der Waals surface area contributed by atoms with Crippen LogP contribution in [0.3, 0.4) is 0 Å². The van der Waals surface area contributed by atoms with Crippen LogP contribution < -0.4 is 5.32 Å². The molecule has 27 heavy (non-hydrogen) atoms. The Morgan fingerprint density at radius 2 is 2.04 bits per heavy atom. The largest absolute Gasteiger partial charge is 0.391 e. The fourth-order valence-corrected chi connectivity index (χ4v) is 4.41. The summed E-state index contributed by atoms with van der Waals surface area (Å²) in [6.45, 7) is 4.26. The van der Waals surface area contributed by atoms with Gasteiger partial charge in [-0.05, 0) is 33.1 Å². The predicted molar refractivity (Wildman–Crippen MR) is 103 cm³/mol. The maximum atomic E-state index is 12.8. The second-order valence-electron chi connectivity index (χ2n) is 7.36. The van der Waals surface area contributed by atoms with Gasteiger partial charge in [-0.2, -0.15) is 0 Å². The predicted octanol–water partition coefficient (Wildman–Crippen LogP) is -0.937. The van der Waals surface area contributed by atoms with E-state index in [0.29, 0.717) is 13.0 Å². The molecular weight excluding hydrogens is 372 g/mol. The molecule has 0 aromatic carbocycles.